The van der Waals surface area contributed by atoms with Gasteiger partial charge in [0, 0.05) is 6.54 Å². The molecule has 0 spiro atoms. The highest BCUT2D eigenvalue weighted by molar-refractivity contribution is 6.11. The van der Waals surface area contributed by atoms with Gasteiger partial charge in [0.15, 0.2) is 0 Å². The van der Waals surface area contributed by atoms with Gasteiger partial charge >= 0.3 is 12.0 Å². The van der Waals surface area contributed by atoms with Crippen molar-refractivity contribution in [3.63, 3.8) is 0 Å². The molecule has 3 N–H and O–H groups in total. The molecule has 0 radical (unpaired) electrons. The molecule has 1 atom stereocenters. The Kier molecular flexibility index (Phi) is 4.15. The van der Waals surface area contributed by atoms with E-state index < -0.39 is 24.1 Å². The summed E-state index contributed by atoms with van der Waals surface area (Å²) in [4.78, 5) is 37.1. The molecule has 24 heavy (non-hydrogen) atoms. The SMILES string of the molecule is O=C1NC(C(=O)O)N(C(=O)NCc2ccccc2)c2ccccc21. The Morgan fingerprint density at radius 3 is 2.46 bits per heavy atom. The lowest BCUT2D eigenvalue weighted by molar-refractivity contribution is -0.139. The lowest BCUT2D eigenvalue weighted by Crippen LogP contribution is -2.61. The number of carboxylic acids is 1. The highest BCUT2D eigenvalue weighted by Crippen LogP contribution is 2.26. The number of nitrogens with one attached hydrogen (secondary N) is 2. The van der Waals surface area contributed by atoms with Gasteiger partial charge in [0.2, 0.25) is 6.17 Å². The first kappa shape index (κ1) is 15.5. The van der Waals surface area contributed by atoms with Crippen molar-refractivity contribution in [3.05, 3.63) is 65.7 Å². The van der Waals surface area contributed by atoms with Crippen LogP contribution in [0, 0.1) is 0 Å². The zero-order chi connectivity index (χ0) is 17.1. The van der Waals surface area contributed by atoms with E-state index in [0.717, 1.165) is 10.5 Å². The van der Waals surface area contributed by atoms with Crippen molar-refractivity contribution < 1.29 is 19.5 Å². The van der Waals surface area contributed by atoms with Crippen molar-refractivity contribution in [3.8, 4) is 0 Å². The van der Waals surface area contributed by atoms with Crippen LogP contribution in [0.4, 0.5) is 10.5 Å². The van der Waals surface area contributed by atoms with E-state index in [2.05, 4.69) is 10.6 Å². The average Bonchev–Trinajstić information content (AvgIpc) is 2.60. The lowest BCUT2D eigenvalue weighted by atomic mass is 10.1. The summed E-state index contributed by atoms with van der Waals surface area (Å²) >= 11 is 0. The van der Waals surface area contributed by atoms with Crippen LogP contribution in [-0.4, -0.2) is 29.2 Å². The number of hydrogen-bond acceptors (Lipinski definition) is 3. The molecule has 0 bridgehead atoms. The zero-order valence-corrected chi connectivity index (χ0v) is 12.6. The van der Waals surface area contributed by atoms with Crippen LogP contribution >= 0.6 is 0 Å². The predicted molar refractivity (Wildman–Crippen MR) is 86.5 cm³/mol. The molecular formula is C17H15N3O4. The van der Waals surface area contributed by atoms with Gasteiger partial charge in [0.05, 0.1) is 11.3 Å². The van der Waals surface area contributed by atoms with Gasteiger partial charge in [-0.2, -0.15) is 0 Å². The Bertz CT molecular complexity index is 791. The summed E-state index contributed by atoms with van der Waals surface area (Å²) < 4.78 is 0. The topological polar surface area (TPSA) is 98.7 Å². The van der Waals surface area contributed by atoms with Gasteiger partial charge in [0.25, 0.3) is 5.91 Å². The molecular weight excluding hydrogens is 310 g/mol. The number of para-hydroxylation sites is 1. The molecule has 1 aliphatic heterocycles. The summed E-state index contributed by atoms with van der Waals surface area (Å²) in [5.41, 5.74) is 1.40. The van der Waals surface area contributed by atoms with Crippen LogP contribution in [-0.2, 0) is 11.3 Å². The maximum atomic E-state index is 12.6. The van der Waals surface area contributed by atoms with Gasteiger partial charge in [0.1, 0.15) is 0 Å². The maximum Gasteiger partial charge on any atom is 0.347 e. The first-order valence-corrected chi connectivity index (χ1v) is 7.31. The summed E-state index contributed by atoms with van der Waals surface area (Å²) in [7, 11) is 0. The van der Waals surface area contributed by atoms with Crippen molar-refractivity contribution in [2.24, 2.45) is 0 Å². The molecule has 0 saturated heterocycles. The van der Waals surface area contributed by atoms with E-state index in [-0.39, 0.29) is 17.8 Å². The molecule has 2 aromatic rings. The lowest BCUT2D eigenvalue weighted by Gasteiger charge is -2.34. The van der Waals surface area contributed by atoms with Gasteiger partial charge in [-0.1, -0.05) is 42.5 Å². The van der Waals surface area contributed by atoms with Crippen LogP contribution in [0.2, 0.25) is 0 Å². The molecule has 1 heterocycles. The summed E-state index contributed by atoms with van der Waals surface area (Å²) in [5.74, 6) is -1.84. The van der Waals surface area contributed by atoms with E-state index in [1.807, 2.05) is 30.3 Å². The third-order valence-electron chi connectivity index (χ3n) is 3.67. The Balaban J connectivity index is 1.87. The molecule has 7 heteroatoms. The summed E-state index contributed by atoms with van der Waals surface area (Å²) in [6, 6.07) is 15.0. The van der Waals surface area contributed by atoms with Crippen LogP contribution in [0.5, 0.6) is 0 Å². The number of benzene rings is 2. The number of rotatable bonds is 3. The average molecular weight is 325 g/mol. The van der Waals surface area contributed by atoms with Gasteiger partial charge in [-0.3, -0.25) is 9.69 Å². The van der Waals surface area contributed by atoms with E-state index in [1.54, 1.807) is 24.3 Å². The number of hydrogen-bond donors (Lipinski definition) is 3. The van der Waals surface area contributed by atoms with Crippen molar-refractivity contribution in [1.29, 1.82) is 0 Å². The summed E-state index contributed by atoms with van der Waals surface area (Å²) in [6.45, 7) is 0.249. The highest BCUT2D eigenvalue weighted by Gasteiger charge is 2.38. The third kappa shape index (κ3) is 2.91. The van der Waals surface area contributed by atoms with Gasteiger partial charge in [-0.05, 0) is 17.7 Å². The number of aliphatic carboxylic acids is 1. The van der Waals surface area contributed by atoms with Crippen LogP contribution in [0.1, 0.15) is 15.9 Å². The molecule has 0 fully saturated rings. The quantitative estimate of drug-likeness (QED) is 0.797. The number of nitrogens with zero attached hydrogens (tertiary/aromatic N) is 1. The summed E-state index contributed by atoms with van der Waals surface area (Å²) in [6.07, 6.45) is -1.46. The van der Waals surface area contributed by atoms with Crippen molar-refractivity contribution in [2.75, 3.05) is 4.90 Å². The van der Waals surface area contributed by atoms with E-state index >= 15 is 0 Å². The number of carbonyl (C=O) groups is 3. The van der Waals surface area contributed by atoms with Gasteiger partial charge in [-0.15, -0.1) is 0 Å². The molecule has 3 rings (SSSR count). The van der Waals surface area contributed by atoms with Crippen molar-refractivity contribution in [2.45, 2.75) is 12.7 Å². The summed E-state index contributed by atoms with van der Waals surface area (Å²) in [5, 5.41) is 14.4. The van der Waals surface area contributed by atoms with Gasteiger partial charge in [-0.25, -0.2) is 9.59 Å². The van der Waals surface area contributed by atoms with Gasteiger partial charge < -0.3 is 15.7 Å². The number of amides is 3. The number of fused-ring (bicyclic) bond motifs is 1. The fourth-order valence-corrected chi connectivity index (χ4v) is 2.54. The number of anilines is 1. The first-order valence-electron chi connectivity index (χ1n) is 7.31. The molecule has 0 aliphatic carbocycles. The smallest absolute Gasteiger partial charge is 0.347 e. The molecule has 2 aromatic carbocycles. The monoisotopic (exact) mass is 325 g/mol. The molecule has 3 amide bonds. The molecule has 122 valence electrons. The molecule has 0 saturated carbocycles. The van der Waals surface area contributed by atoms with Crippen LogP contribution in [0.25, 0.3) is 0 Å². The van der Waals surface area contributed by atoms with Crippen LogP contribution < -0.4 is 15.5 Å². The minimum Gasteiger partial charge on any atom is -0.478 e. The van der Waals surface area contributed by atoms with Crippen molar-refractivity contribution >= 4 is 23.6 Å². The first-order chi connectivity index (χ1) is 11.6. The van der Waals surface area contributed by atoms with Crippen molar-refractivity contribution in [1.82, 2.24) is 10.6 Å². The molecule has 0 aromatic heterocycles. The number of carbonyl (C=O) groups excluding carboxylic acids is 2. The Labute approximate surface area is 137 Å². The fourth-order valence-electron chi connectivity index (χ4n) is 2.54. The molecule has 1 unspecified atom stereocenters. The van der Waals surface area contributed by atoms with E-state index in [0.29, 0.717) is 0 Å². The minimum atomic E-state index is -1.46. The second-order valence-corrected chi connectivity index (χ2v) is 5.25. The van der Waals surface area contributed by atoms with E-state index in [4.69, 9.17) is 0 Å². The Hall–Kier alpha value is -3.35. The van der Waals surface area contributed by atoms with E-state index in [1.165, 1.54) is 0 Å². The fraction of sp³-hybridized carbons (Fsp3) is 0.118. The second-order valence-electron chi connectivity index (χ2n) is 5.25. The Morgan fingerprint density at radius 1 is 1.08 bits per heavy atom. The zero-order valence-electron chi connectivity index (χ0n) is 12.6. The second kappa shape index (κ2) is 6.41. The Morgan fingerprint density at radius 2 is 1.75 bits per heavy atom. The standard InChI is InChI=1S/C17H15N3O4/c21-15-12-8-4-5-9-13(12)20(14(19-15)16(22)23)17(24)18-10-11-6-2-1-3-7-11/h1-9,14H,10H2,(H,18,24)(H,19,21)(H,22,23). The highest BCUT2D eigenvalue weighted by atomic mass is 16.4. The third-order valence-corrected chi connectivity index (χ3v) is 3.67. The normalized spacial score (nSPS) is 16.1. The predicted octanol–water partition coefficient (Wildman–Crippen LogP) is 1.56. The molecule has 7 nitrogen and oxygen atoms in total. The number of carboxylic acid groups (broad SMARTS) is 1. The van der Waals surface area contributed by atoms with E-state index in [9.17, 15) is 19.5 Å². The largest absolute Gasteiger partial charge is 0.478 e. The molecule has 1 aliphatic rings. The number of urea groups is 1. The maximum absolute atomic E-state index is 12.6. The minimum absolute atomic E-state index is 0.249. The van der Waals surface area contributed by atoms with Crippen LogP contribution in [0.15, 0.2) is 54.6 Å². The van der Waals surface area contributed by atoms with Crippen LogP contribution in [0.3, 0.4) is 0 Å².